The van der Waals surface area contributed by atoms with Crippen LogP contribution in [0.15, 0.2) is 30.3 Å². The molecule has 0 unspecified atom stereocenters. The summed E-state index contributed by atoms with van der Waals surface area (Å²) in [7, 11) is 0. The number of nitrogens with one attached hydrogen (secondary N) is 1. The average molecular weight is 415 g/mol. The van der Waals surface area contributed by atoms with Gasteiger partial charge in [0.2, 0.25) is 5.91 Å². The largest absolute Gasteiger partial charge is 0.486 e. The van der Waals surface area contributed by atoms with E-state index < -0.39 is 0 Å². The monoisotopic (exact) mass is 414 g/mol. The lowest BCUT2D eigenvalue weighted by Crippen LogP contribution is -2.28. The van der Waals surface area contributed by atoms with Crippen molar-refractivity contribution in [3.63, 3.8) is 0 Å². The molecule has 2 aromatic carbocycles. The summed E-state index contributed by atoms with van der Waals surface area (Å²) in [5.74, 6) is 0.910. The van der Waals surface area contributed by atoms with Gasteiger partial charge in [-0.25, -0.2) is 0 Å². The summed E-state index contributed by atoms with van der Waals surface area (Å²) in [6.07, 6.45) is 2.22. The highest BCUT2D eigenvalue weighted by Crippen LogP contribution is 2.38. The number of ether oxygens (including phenoxy) is 2. The van der Waals surface area contributed by atoms with E-state index in [1.54, 1.807) is 18.2 Å². The van der Waals surface area contributed by atoms with Gasteiger partial charge in [-0.1, -0.05) is 17.7 Å². The summed E-state index contributed by atoms with van der Waals surface area (Å²) >= 11 is 6.26. The molecule has 2 aliphatic rings. The number of fused-ring (bicyclic) bond motifs is 1. The van der Waals surface area contributed by atoms with Crippen LogP contribution in [0.1, 0.15) is 34.3 Å². The molecule has 7 heteroatoms. The lowest BCUT2D eigenvalue weighted by Gasteiger charge is -2.20. The Morgan fingerprint density at radius 3 is 2.69 bits per heavy atom. The highest BCUT2D eigenvalue weighted by Gasteiger charge is 2.22. The van der Waals surface area contributed by atoms with Crippen LogP contribution in [0.4, 0.5) is 5.69 Å². The zero-order valence-corrected chi connectivity index (χ0v) is 17.1. The molecule has 0 aliphatic carbocycles. The predicted octanol–water partition coefficient (Wildman–Crippen LogP) is 3.84. The van der Waals surface area contributed by atoms with Crippen molar-refractivity contribution in [3.8, 4) is 11.5 Å². The number of hydrogen-bond acceptors (Lipinski definition) is 4. The zero-order chi connectivity index (χ0) is 20.4. The van der Waals surface area contributed by atoms with E-state index >= 15 is 0 Å². The number of halogens is 1. The number of anilines is 1. The van der Waals surface area contributed by atoms with Gasteiger partial charge in [0.15, 0.2) is 11.5 Å². The quantitative estimate of drug-likeness (QED) is 0.825. The van der Waals surface area contributed by atoms with Gasteiger partial charge in [0, 0.05) is 24.3 Å². The van der Waals surface area contributed by atoms with E-state index in [1.807, 2.05) is 24.0 Å². The first-order valence-electron chi connectivity index (χ1n) is 9.79. The summed E-state index contributed by atoms with van der Waals surface area (Å²) < 4.78 is 11.1. The van der Waals surface area contributed by atoms with Gasteiger partial charge in [-0.15, -0.1) is 0 Å². The minimum absolute atomic E-state index is 0.0229. The SMILES string of the molecule is Cc1c(NC(=O)Cc2cc(Cl)c3c(c2)OCCO3)cccc1C(=O)N1CCCC1. The second-order valence-corrected chi connectivity index (χ2v) is 7.71. The van der Waals surface area contributed by atoms with Crippen molar-refractivity contribution in [1.82, 2.24) is 4.90 Å². The Bertz CT molecular complexity index is 954. The molecule has 29 heavy (non-hydrogen) atoms. The fourth-order valence-corrected chi connectivity index (χ4v) is 4.03. The van der Waals surface area contributed by atoms with Crippen LogP contribution in [0.2, 0.25) is 5.02 Å². The van der Waals surface area contributed by atoms with Gasteiger partial charge in [-0.3, -0.25) is 9.59 Å². The second kappa shape index (κ2) is 8.33. The van der Waals surface area contributed by atoms with Crippen LogP contribution in [-0.2, 0) is 11.2 Å². The molecule has 0 spiro atoms. The highest BCUT2D eigenvalue weighted by molar-refractivity contribution is 6.32. The van der Waals surface area contributed by atoms with Crippen LogP contribution in [0.5, 0.6) is 11.5 Å². The first-order chi connectivity index (χ1) is 14.0. The maximum Gasteiger partial charge on any atom is 0.254 e. The van der Waals surface area contributed by atoms with Crippen molar-refractivity contribution in [3.05, 3.63) is 52.0 Å². The molecule has 0 radical (unpaired) electrons. The van der Waals surface area contributed by atoms with Crippen molar-refractivity contribution < 1.29 is 19.1 Å². The summed E-state index contributed by atoms with van der Waals surface area (Å²) in [6, 6.07) is 8.92. The topological polar surface area (TPSA) is 67.9 Å². The molecule has 6 nitrogen and oxygen atoms in total. The summed E-state index contributed by atoms with van der Waals surface area (Å²) in [4.78, 5) is 27.2. The van der Waals surface area contributed by atoms with Crippen LogP contribution in [0, 0.1) is 6.92 Å². The van der Waals surface area contributed by atoms with E-state index in [4.69, 9.17) is 21.1 Å². The molecule has 0 bridgehead atoms. The second-order valence-electron chi connectivity index (χ2n) is 7.30. The van der Waals surface area contributed by atoms with Crippen LogP contribution in [0.3, 0.4) is 0 Å². The van der Waals surface area contributed by atoms with Crippen LogP contribution >= 0.6 is 11.6 Å². The minimum Gasteiger partial charge on any atom is -0.486 e. The molecular weight excluding hydrogens is 392 g/mol. The fraction of sp³-hybridized carbons (Fsp3) is 0.364. The number of likely N-dealkylation sites (tertiary alicyclic amines) is 1. The van der Waals surface area contributed by atoms with Gasteiger partial charge < -0.3 is 19.7 Å². The Hall–Kier alpha value is -2.73. The third-order valence-corrected chi connectivity index (χ3v) is 5.53. The van der Waals surface area contributed by atoms with Crippen molar-refractivity contribution in [2.24, 2.45) is 0 Å². The predicted molar refractivity (Wildman–Crippen MR) is 111 cm³/mol. The minimum atomic E-state index is -0.188. The van der Waals surface area contributed by atoms with Crippen molar-refractivity contribution >= 4 is 29.1 Å². The Labute approximate surface area is 174 Å². The number of rotatable bonds is 4. The molecule has 1 N–H and O–H groups in total. The molecule has 0 atom stereocenters. The molecular formula is C22H23ClN2O4. The average Bonchev–Trinajstić information content (AvgIpc) is 3.24. The summed E-state index contributed by atoms with van der Waals surface area (Å²) in [6.45, 7) is 4.35. The van der Waals surface area contributed by atoms with Gasteiger partial charge in [0.05, 0.1) is 11.4 Å². The Balaban J connectivity index is 1.48. The maximum absolute atomic E-state index is 12.7. The molecule has 152 valence electrons. The lowest BCUT2D eigenvalue weighted by atomic mass is 10.0. The van der Waals surface area contributed by atoms with Crippen LogP contribution in [-0.4, -0.2) is 43.0 Å². The van der Waals surface area contributed by atoms with E-state index in [0.717, 1.165) is 37.1 Å². The number of carbonyl (C=O) groups excluding carboxylic acids is 2. The number of nitrogens with zero attached hydrogens (tertiary/aromatic N) is 1. The number of hydrogen-bond donors (Lipinski definition) is 1. The molecule has 2 heterocycles. The third-order valence-electron chi connectivity index (χ3n) is 5.25. The van der Waals surface area contributed by atoms with Gasteiger partial charge in [-0.05, 0) is 55.2 Å². The number of benzene rings is 2. The first kappa shape index (κ1) is 19.6. The molecule has 2 amide bonds. The van der Waals surface area contributed by atoms with Gasteiger partial charge in [-0.2, -0.15) is 0 Å². The van der Waals surface area contributed by atoms with E-state index in [9.17, 15) is 9.59 Å². The van der Waals surface area contributed by atoms with E-state index in [2.05, 4.69) is 5.32 Å². The molecule has 1 saturated heterocycles. The van der Waals surface area contributed by atoms with Crippen molar-refractivity contribution in [2.75, 3.05) is 31.6 Å². The maximum atomic E-state index is 12.7. The first-order valence-corrected chi connectivity index (χ1v) is 10.2. The molecule has 0 saturated carbocycles. The van der Waals surface area contributed by atoms with Crippen molar-refractivity contribution in [2.45, 2.75) is 26.2 Å². The zero-order valence-electron chi connectivity index (χ0n) is 16.3. The Kier molecular flexibility index (Phi) is 5.62. The van der Waals surface area contributed by atoms with Crippen LogP contribution in [0.25, 0.3) is 0 Å². The Morgan fingerprint density at radius 1 is 1.14 bits per heavy atom. The van der Waals surface area contributed by atoms with Gasteiger partial charge in [0.25, 0.3) is 5.91 Å². The van der Waals surface area contributed by atoms with E-state index in [0.29, 0.717) is 41.0 Å². The summed E-state index contributed by atoms with van der Waals surface area (Å²) in [5, 5.41) is 3.35. The highest BCUT2D eigenvalue weighted by atomic mass is 35.5. The number of amides is 2. The standard InChI is InChI=1S/C22H23ClN2O4/c1-14-16(22(27)25-7-2-3-8-25)5-4-6-18(14)24-20(26)13-15-11-17(23)21-19(12-15)28-9-10-29-21/h4-6,11-12H,2-3,7-10,13H2,1H3,(H,24,26). The smallest absolute Gasteiger partial charge is 0.254 e. The van der Waals surface area contributed by atoms with Crippen LogP contribution < -0.4 is 14.8 Å². The third kappa shape index (κ3) is 4.17. The fourth-order valence-electron chi connectivity index (χ4n) is 3.74. The molecule has 4 rings (SSSR count). The molecule has 0 aromatic heterocycles. The van der Waals surface area contributed by atoms with Crippen molar-refractivity contribution in [1.29, 1.82) is 0 Å². The van der Waals surface area contributed by atoms with E-state index in [-0.39, 0.29) is 18.2 Å². The summed E-state index contributed by atoms with van der Waals surface area (Å²) in [5.41, 5.74) is 2.78. The number of carbonyl (C=O) groups is 2. The van der Waals surface area contributed by atoms with Gasteiger partial charge >= 0.3 is 0 Å². The normalized spacial score (nSPS) is 15.3. The molecule has 2 aliphatic heterocycles. The Morgan fingerprint density at radius 2 is 1.90 bits per heavy atom. The molecule has 2 aromatic rings. The molecule has 1 fully saturated rings. The lowest BCUT2D eigenvalue weighted by molar-refractivity contribution is -0.115. The van der Waals surface area contributed by atoms with Gasteiger partial charge in [0.1, 0.15) is 13.2 Å². The van der Waals surface area contributed by atoms with E-state index in [1.165, 1.54) is 0 Å².